The maximum atomic E-state index is 14.5. The van der Waals surface area contributed by atoms with Gasteiger partial charge in [0.15, 0.2) is 5.43 Å². The second-order valence-electron chi connectivity index (χ2n) is 8.16. The fraction of sp³-hybridized carbons (Fsp3) is 0.200. The standard InChI is InChI=1S/C25H22FN3O5S/c26-20-10-9-17(15-23(20)35(32,33)28-11-13-34-14-12-28)27-24(30)16-29-21-7-3-1-5-18(21)25(31)19-6-2-4-8-22(19)29/h1-10,15H,11-14,16H2,(H,27,30). The van der Waals surface area contributed by atoms with E-state index in [1.54, 1.807) is 53.1 Å². The Morgan fingerprint density at radius 3 is 2.17 bits per heavy atom. The number of carbonyl (C=O) groups is 1. The van der Waals surface area contributed by atoms with E-state index in [-0.39, 0.29) is 44.0 Å². The molecule has 8 nitrogen and oxygen atoms in total. The van der Waals surface area contributed by atoms with Crippen molar-refractivity contribution in [3.63, 3.8) is 0 Å². The van der Waals surface area contributed by atoms with Crippen LogP contribution >= 0.6 is 0 Å². The average molecular weight is 496 g/mol. The van der Waals surface area contributed by atoms with Crippen LogP contribution in [0.4, 0.5) is 10.1 Å². The van der Waals surface area contributed by atoms with Crippen LogP contribution in [0.3, 0.4) is 0 Å². The first-order valence-electron chi connectivity index (χ1n) is 11.0. The first kappa shape index (κ1) is 23.2. The number of sulfonamides is 1. The van der Waals surface area contributed by atoms with E-state index < -0.39 is 26.6 Å². The highest BCUT2D eigenvalue weighted by Crippen LogP contribution is 2.24. The van der Waals surface area contributed by atoms with Gasteiger partial charge in [-0.05, 0) is 42.5 Å². The number of pyridine rings is 1. The third kappa shape index (κ3) is 4.31. The fourth-order valence-corrected chi connectivity index (χ4v) is 5.79. The summed E-state index contributed by atoms with van der Waals surface area (Å²) in [4.78, 5) is 25.4. The van der Waals surface area contributed by atoms with E-state index in [1.165, 1.54) is 10.4 Å². The van der Waals surface area contributed by atoms with Gasteiger partial charge in [0, 0.05) is 29.5 Å². The second-order valence-corrected chi connectivity index (χ2v) is 10.1. The lowest BCUT2D eigenvalue weighted by molar-refractivity contribution is -0.116. The molecule has 4 aromatic rings. The molecule has 5 rings (SSSR count). The molecule has 180 valence electrons. The predicted molar refractivity (Wildman–Crippen MR) is 130 cm³/mol. The normalized spacial score (nSPS) is 14.9. The Morgan fingerprint density at radius 2 is 1.54 bits per heavy atom. The van der Waals surface area contributed by atoms with Crippen LogP contribution in [0.15, 0.2) is 76.4 Å². The van der Waals surface area contributed by atoms with Crippen LogP contribution in [-0.2, 0) is 26.1 Å². The highest BCUT2D eigenvalue weighted by atomic mass is 32.2. The van der Waals surface area contributed by atoms with Gasteiger partial charge < -0.3 is 14.6 Å². The number of benzene rings is 3. The summed E-state index contributed by atoms with van der Waals surface area (Å²) in [6.07, 6.45) is 0. The number of hydrogen-bond acceptors (Lipinski definition) is 5. The third-order valence-corrected chi connectivity index (χ3v) is 7.90. The van der Waals surface area contributed by atoms with Gasteiger partial charge in [0.1, 0.15) is 17.3 Å². The number of aromatic nitrogens is 1. The monoisotopic (exact) mass is 495 g/mol. The molecular formula is C25H22FN3O5S. The quantitative estimate of drug-likeness (QED) is 0.430. The summed E-state index contributed by atoms with van der Waals surface area (Å²) in [5.41, 5.74) is 1.23. The average Bonchev–Trinajstić information content (AvgIpc) is 2.88. The first-order valence-corrected chi connectivity index (χ1v) is 12.5. The lowest BCUT2D eigenvalue weighted by atomic mass is 10.1. The number of fused-ring (bicyclic) bond motifs is 2. The van der Waals surface area contributed by atoms with Crippen molar-refractivity contribution in [3.05, 3.63) is 82.8 Å². The second kappa shape index (κ2) is 9.21. The summed E-state index contributed by atoms with van der Waals surface area (Å²) in [6.45, 7) is 0.594. The lowest BCUT2D eigenvalue weighted by Gasteiger charge is -2.26. The van der Waals surface area contributed by atoms with E-state index in [4.69, 9.17) is 4.74 Å². The number of ether oxygens (including phenoxy) is 1. The largest absolute Gasteiger partial charge is 0.379 e. The van der Waals surface area contributed by atoms with E-state index in [2.05, 4.69) is 5.32 Å². The number of nitrogens with zero attached hydrogens (tertiary/aromatic N) is 2. The highest BCUT2D eigenvalue weighted by Gasteiger charge is 2.29. The molecule has 1 aromatic heterocycles. The van der Waals surface area contributed by atoms with Gasteiger partial charge in [0.25, 0.3) is 0 Å². The number of halogens is 1. The van der Waals surface area contributed by atoms with Crippen LogP contribution in [0, 0.1) is 5.82 Å². The molecule has 0 aliphatic carbocycles. The number of carbonyl (C=O) groups excluding carboxylic acids is 1. The van der Waals surface area contributed by atoms with Crippen LogP contribution in [0.5, 0.6) is 0 Å². The molecule has 0 unspecified atom stereocenters. The molecule has 1 amide bonds. The molecule has 1 aliphatic heterocycles. The Morgan fingerprint density at radius 1 is 0.943 bits per heavy atom. The number of anilines is 1. The molecule has 1 N–H and O–H groups in total. The van der Waals surface area contributed by atoms with Gasteiger partial charge in [-0.1, -0.05) is 24.3 Å². The number of morpholine rings is 1. The van der Waals surface area contributed by atoms with E-state index in [0.717, 1.165) is 12.1 Å². The van der Waals surface area contributed by atoms with Gasteiger partial charge in [-0.2, -0.15) is 4.31 Å². The van der Waals surface area contributed by atoms with E-state index in [9.17, 15) is 22.4 Å². The molecule has 1 fully saturated rings. The van der Waals surface area contributed by atoms with Gasteiger partial charge in [0.05, 0.1) is 24.2 Å². The molecule has 10 heteroatoms. The summed E-state index contributed by atoms with van der Waals surface area (Å²) in [6, 6.07) is 17.5. The Labute approximate surface area is 200 Å². The highest BCUT2D eigenvalue weighted by molar-refractivity contribution is 7.89. The first-order chi connectivity index (χ1) is 16.9. The number of nitrogens with one attached hydrogen (secondary N) is 1. The van der Waals surface area contributed by atoms with Crippen molar-refractivity contribution in [1.29, 1.82) is 0 Å². The zero-order valence-corrected chi connectivity index (χ0v) is 19.4. The van der Waals surface area contributed by atoms with Crippen molar-refractivity contribution < 1.29 is 22.3 Å². The molecule has 2 heterocycles. The van der Waals surface area contributed by atoms with Crippen molar-refractivity contribution in [2.75, 3.05) is 31.6 Å². The van der Waals surface area contributed by atoms with Crippen LogP contribution in [-0.4, -0.2) is 49.5 Å². The van der Waals surface area contributed by atoms with Crippen LogP contribution in [0.1, 0.15) is 0 Å². The van der Waals surface area contributed by atoms with Gasteiger partial charge in [-0.3, -0.25) is 9.59 Å². The van der Waals surface area contributed by atoms with Crippen LogP contribution in [0.25, 0.3) is 21.8 Å². The zero-order valence-electron chi connectivity index (χ0n) is 18.6. The Bertz CT molecular complexity index is 1550. The number of amides is 1. The third-order valence-electron chi connectivity index (χ3n) is 5.98. The Balaban J connectivity index is 1.47. The summed E-state index contributed by atoms with van der Waals surface area (Å²) in [7, 11) is -4.09. The molecule has 35 heavy (non-hydrogen) atoms. The van der Waals surface area contributed by atoms with Crippen molar-refractivity contribution in [2.24, 2.45) is 0 Å². The molecule has 0 radical (unpaired) electrons. The maximum absolute atomic E-state index is 14.5. The molecule has 3 aromatic carbocycles. The maximum Gasteiger partial charge on any atom is 0.246 e. The van der Waals surface area contributed by atoms with E-state index in [1.807, 2.05) is 0 Å². The molecule has 0 bridgehead atoms. The summed E-state index contributed by atoms with van der Waals surface area (Å²) in [5.74, 6) is -1.35. The van der Waals surface area contributed by atoms with E-state index in [0.29, 0.717) is 21.8 Å². The molecule has 0 spiro atoms. The van der Waals surface area contributed by atoms with Gasteiger partial charge >= 0.3 is 0 Å². The van der Waals surface area contributed by atoms with Gasteiger partial charge in [-0.15, -0.1) is 0 Å². The zero-order chi connectivity index (χ0) is 24.6. The van der Waals surface area contributed by atoms with Crippen molar-refractivity contribution >= 4 is 43.4 Å². The van der Waals surface area contributed by atoms with Gasteiger partial charge in [-0.25, -0.2) is 12.8 Å². The van der Waals surface area contributed by atoms with Gasteiger partial charge in [0.2, 0.25) is 15.9 Å². The summed E-state index contributed by atoms with van der Waals surface area (Å²) < 4.78 is 48.5. The number of hydrogen-bond donors (Lipinski definition) is 1. The fourth-order valence-electron chi connectivity index (χ4n) is 4.30. The van der Waals surface area contributed by atoms with E-state index >= 15 is 0 Å². The van der Waals surface area contributed by atoms with Crippen LogP contribution in [0.2, 0.25) is 0 Å². The van der Waals surface area contributed by atoms with Crippen LogP contribution < -0.4 is 10.7 Å². The molecule has 1 saturated heterocycles. The Kier molecular flexibility index (Phi) is 6.10. The molecule has 0 saturated carbocycles. The minimum Gasteiger partial charge on any atom is -0.379 e. The van der Waals surface area contributed by atoms with Crippen molar-refractivity contribution in [2.45, 2.75) is 11.4 Å². The topological polar surface area (TPSA) is 97.7 Å². The summed E-state index contributed by atoms with van der Waals surface area (Å²) in [5, 5.41) is 3.64. The SMILES string of the molecule is O=C(Cn1c2ccccc2c(=O)c2ccccc21)Nc1ccc(F)c(S(=O)(=O)N2CCOCC2)c1. The number of rotatable bonds is 5. The van der Waals surface area contributed by atoms with Crippen molar-refractivity contribution in [3.8, 4) is 0 Å². The van der Waals surface area contributed by atoms with Crippen molar-refractivity contribution in [1.82, 2.24) is 8.87 Å². The summed E-state index contributed by atoms with van der Waals surface area (Å²) >= 11 is 0. The molecule has 0 atom stereocenters. The lowest BCUT2D eigenvalue weighted by Crippen LogP contribution is -2.40. The number of para-hydroxylation sites is 2. The smallest absolute Gasteiger partial charge is 0.246 e. The molecular weight excluding hydrogens is 473 g/mol. The predicted octanol–water partition coefficient (Wildman–Crippen LogP) is 2.95. The minimum absolute atomic E-state index is 0.121. The minimum atomic E-state index is -4.09. The molecule has 1 aliphatic rings. The Hall–Kier alpha value is -3.60.